The number of halogens is 3. The fraction of sp³-hybridized carbons (Fsp3) is 0.625. The molecule has 1 aromatic carbocycles. The first-order chi connectivity index (χ1) is 9.79. The second kappa shape index (κ2) is 7.69. The van der Waals surface area contributed by atoms with Crippen molar-refractivity contribution in [3.8, 4) is 0 Å². The number of hydrogen-bond donors (Lipinski definition) is 1. The van der Waals surface area contributed by atoms with Crippen molar-refractivity contribution in [1.82, 2.24) is 0 Å². The molecule has 2 nitrogen and oxygen atoms in total. The lowest BCUT2D eigenvalue weighted by Gasteiger charge is -2.22. The van der Waals surface area contributed by atoms with Crippen LogP contribution in [0.25, 0.3) is 0 Å². The van der Waals surface area contributed by atoms with Crippen molar-refractivity contribution in [3.63, 3.8) is 0 Å². The first-order valence-corrected chi connectivity index (χ1v) is 7.46. The van der Waals surface area contributed by atoms with Crippen LogP contribution in [0.1, 0.15) is 44.2 Å². The minimum absolute atomic E-state index is 0.241. The van der Waals surface area contributed by atoms with E-state index in [0.717, 1.165) is 19.4 Å². The molecule has 0 saturated carbocycles. The highest BCUT2D eigenvalue weighted by Crippen LogP contribution is 2.35. The third kappa shape index (κ3) is 5.23. The number of benzene rings is 1. The second-order valence-electron chi connectivity index (χ2n) is 5.49. The highest BCUT2D eigenvalue weighted by atomic mass is 19.4. The van der Waals surface area contributed by atoms with Gasteiger partial charge in [-0.25, -0.2) is 0 Å². The highest BCUT2D eigenvalue weighted by Gasteiger charge is 2.34. The summed E-state index contributed by atoms with van der Waals surface area (Å²) in [6, 6.07) is 4.32. The minimum atomic E-state index is -4.34. The lowest BCUT2D eigenvalue weighted by Crippen LogP contribution is -2.24. The Bertz CT molecular complexity index is 444. The third-order valence-electron chi connectivity index (χ3n) is 3.69. The van der Waals surface area contributed by atoms with Crippen molar-refractivity contribution >= 4 is 5.69 Å². The predicted molar refractivity (Wildman–Crippen MR) is 81.6 cm³/mol. The summed E-state index contributed by atoms with van der Waals surface area (Å²) in [4.78, 5) is 1.86. The number of rotatable bonds is 7. The molecule has 0 spiro atoms. The van der Waals surface area contributed by atoms with Gasteiger partial charge in [-0.2, -0.15) is 13.2 Å². The van der Waals surface area contributed by atoms with Crippen LogP contribution in [0, 0.1) is 0 Å². The molecule has 0 saturated heterocycles. The van der Waals surface area contributed by atoms with Crippen molar-refractivity contribution in [1.29, 1.82) is 0 Å². The first-order valence-electron chi connectivity index (χ1n) is 7.46. The normalized spacial score (nSPS) is 13.3. The quantitative estimate of drug-likeness (QED) is 0.817. The van der Waals surface area contributed by atoms with Crippen molar-refractivity contribution < 1.29 is 13.2 Å². The maximum atomic E-state index is 13.2. The first kappa shape index (κ1) is 17.8. The number of anilines is 1. The fourth-order valence-electron chi connectivity index (χ4n) is 2.19. The van der Waals surface area contributed by atoms with Gasteiger partial charge in [0.2, 0.25) is 0 Å². The van der Waals surface area contributed by atoms with Crippen LogP contribution in [-0.4, -0.2) is 19.6 Å². The predicted octanol–water partition coefficient (Wildman–Crippen LogP) is 4.22. The van der Waals surface area contributed by atoms with Gasteiger partial charge in [0.15, 0.2) is 0 Å². The van der Waals surface area contributed by atoms with Crippen molar-refractivity contribution in [2.75, 3.05) is 18.5 Å². The number of nitrogens with two attached hydrogens (primary N) is 1. The van der Waals surface area contributed by atoms with Gasteiger partial charge in [-0.15, -0.1) is 0 Å². The van der Waals surface area contributed by atoms with Crippen molar-refractivity contribution in [2.45, 2.75) is 51.7 Å². The summed E-state index contributed by atoms with van der Waals surface area (Å²) in [5.41, 5.74) is 6.12. The highest BCUT2D eigenvalue weighted by molar-refractivity contribution is 5.51. The number of alkyl halides is 3. The molecule has 0 aliphatic rings. The molecule has 0 heterocycles. The molecule has 1 unspecified atom stereocenters. The Labute approximate surface area is 125 Å². The zero-order chi connectivity index (χ0) is 16.0. The zero-order valence-electron chi connectivity index (χ0n) is 13.0. The van der Waals surface area contributed by atoms with Gasteiger partial charge in [0, 0.05) is 25.3 Å². The van der Waals surface area contributed by atoms with E-state index in [1.807, 2.05) is 18.9 Å². The van der Waals surface area contributed by atoms with Gasteiger partial charge in [0.25, 0.3) is 0 Å². The summed E-state index contributed by atoms with van der Waals surface area (Å²) in [7, 11) is 1.82. The third-order valence-corrected chi connectivity index (χ3v) is 3.69. The van der Waals surface area contributed by atoms with Crippen LogP contribution in [0.5, 0.6) is 0 Å². The Morgan fingerprint density at radius 3 is 2.43 bits per heavy atom. The van der Waals surface area contributed by atoms with E-state index < -0.39 is 11.7 Å². The molecule has 0 aromatic heterocycles. The average molecular weight is 302 g/mol. The Morgan fingerprint density at radius 2 is 1.90 bits per heavy atom. The molecule has 21 heavy (non-hydrogen) atoms. The number of unbranched alkanes of at least 4 members (excludes halogenated alkanes) is 1. The van der Waals surface area contributed by atoms with Crippen LogP contribution in [0.2, 0.25) is 0 Å². The van der Waals surface area contributed by atoms with E-state index in [9.17, 15) is 13.2 Å². The van der Waals surface area contributed by atoms with Crippen LogP contribution in [0.4, 0.5) is 18.9 Å². The lowest BCUT2D eigenvalue weighted by molar-refractivity contribution is -0.138. The molecule has 120 valence electrons. The Morgan fingerprint density at radius 1 is 1.24 bits per heavy atom. The summed E-state index contributed by atoms with van der Waals surface area (Å²) >= 11 is 0. The molecule has 0 aliphatic carbocycles. The smallest absolute Gasteiger partial charge is 0.375 e. The summed E-state index contributed by atoms with van der Waals surface area (Å²) in [6.07, 6.45) is -1.45. The monoisotopic (exact) mass is 302 g/mol. The van der Waals surface area contributed by atoms with Crippen LogP contribution < -0.4 is 10.6 Å². The van der Waals surface area contributed by atoms with Crippen LogP contribution in [0.3, 0.4) is 0 Å². The minimum Gasteiger partial charge on any atom is -0.375 e. The van der Waals surface area contributed by atoms with Crippen LogP contribution >= 0.6 is 0 Å². The molecule has 2 N–H and O–H groups in total. The molecule has 1 aromatic rings. The standard InChI is InChI=1S/C16H25F3N2/c1-4-6-9-21(3)14-8-7-12(10-13(20)5-2)15(11-14)16(17,18)19/h7-8,11,13H,4-6,9-10,20H2,1-3H3. The van der Waals surface area contributed by atoms with Gasteiger partial charge in [0.05, 0.1) is 5.56 Å². The fourth-order valence-corrected chi connectivity index (χ4v) is 2.19. The van der Waals surface area contributed by atoms with Gasteiger partial charge in [-0.1, -0.05) is 26.3 Å². The van der Waals surface area contributed by atoms with E-state index in [1.165, 1.54) is 6.07 Å². The maximum absolute atomic E-state index is 13.2. The van der Waals surface area contributed by atoms with Crippen LogP contribution in [-0.2, 0) is 12.6 Å². The molecular weight excluding hydrogens is 277 g/mol. The van der Waals surface area contributed by atoms with Gasteiger partial charge >= 0.3 is 6.18 Å². The molecule has 0 aliphatic heterocycles. The second-order valence-corrected chi connectivity index (χ2v) is 5.49. The van der Waals surface area contributed by atoms with E-state index >= 15 is 0 Å². The average Bonchev–Trinajstić information content (AvgIpc) is 2.43. The van der Waals surface area contributed by atoms with E-state index in [4.69, 9.17) is 5.73 Å². The summed E-state index contributed by atoms with van der Waals surface area (Å²) in [6.45, 7) is 4.69. The van der Waals surface area contributed by atoms with Gasteiger partial charge in [-0.05, 0) is 37.0 Å². The van der Waals surface area contributed by atoms with E-state index in [1.54, 1.807) is 12.1 Å². The summed E-state index contributed by atoms with van der Waals surface area (Å²) in [5.74, 6) is 0. The SMILES string of the molecule is CCCCN(C)c1ccc(CC(N)CC)c(C(F)(F)F)c1. The number of nitrogens with zero attached hydrogens (tertiary/aromatic N) is 1. The molecule has 5 heteroatoms. The van der Waals surface area contributed by atoms with Crippen molar-refractivity contribution in [2.24, 2.45) is 5.73 Å². The summed E-state index contributed by atoms with van der Waals surface area (Å²) < 4.78 is 39.7. The molecule has 0 radical (unpaired) electrons. The molecule has 0 amide bonds. The van der Waals surface area contributed by atoms with Gasteiger partial charge < -0.3 is 10.6 Å². The molecule has 0 fully saturated rings. The topological polar surface area (TPSA) is 29.3 Å². The Balaban J connectivity index is 3.07. The lowest BCUT2D eigenvalue weighted by atomic mass is 9.98. The molecule has 0 bridgehead atoms. The van der Waals surface area contributed by atoms with Crippen molar-refractivity contribution in [3.05, 3.63) is 29.3 Å². The zero-order valence-corrected chi connectivity index (χ0v) is 13.0. The Hall–Kier alpha value is -1.23. The summed E-state index contributed by atoms with van der Waals surface area (Å²) in [5, 5.41) is 0. The Kier molecular flexibility index (Phi) is 6.52. The molecule has 1 atom stereocenters. The van der Waals surface area contributed by atoms with Gasteiger partial charge in [0.1, 0.15) is 0 Å². The molecular formula is C16H25F3N2. The number of hydrogen-bond acceptors (Lipinski definition) is 2. The van der Waals surface area contributed by atoms with E-state index in [-0.39, 0.29) is 18.0 Å². The molecule has 1 rings (SSSR count). The van der Waals surface area contributed by atoms with Gasteiger partial charge in [-0.3, -0.25) is 0 Å². The van der Waals surface area contributed by atoms with E-state index in [0.29, 0.717) is 12.1 Å². The largest absolute Gasteiger partial charge is 0.416 e. The van der Waals surface area contributed by atoms with E-state index in [2.05, 4.69) is 6.92 Å². The maximum Gasteiger partial charge on any atom is 0.416 e. The van der Waals surface area contributed by atoms with Crippen LogP contribution in [0.15, 0.2) is 18.2 Å².